The van der Waals surface area contributed by atoms with E-state index in [4.69, 9.17) is 4.74 Å². The van der Waals surface area contributed by atoms with Gasteiger partial charge in [0.2, 0.25) is 5.91 Å². The molecule has 1 amide bonds. The Morgan fingerprint density at radius 2 is 1.73 bits per heavy atom. The summed E-state index contributed by atoms with van der Waals surface area (Å²) >= 11 is 0. The number of aliphatic hydroxyl groups is 1. The summed E-state index contributed by atoms with van der Waals surface area (Å²) in [4.78, 5) is 13.7. The van der Waals surface area contributed by atoms with Crippen molar-refractivity contribution in [2.24, 2.45) is 0 Å². The predicted octanol–water partition coefficient (Wildman–Crippen LogP) is 3.80. The largest absolute Gasteiger partial charge is 0.491 e. The molecule has 0 spiro atoms. The van der Waals surface area contributed by atoms with Crippen LogP contribution >= 0.6 is 0 Å². The smallest absolute Gasteiger partial charge is 0.238 e. The lowest BCUT2D eigenvalue weighted by atomic mass is 10.1. The monoisotopic (exact) mass is 408 g/mol. The number of hydrogen-bond acceptors (Lipinski definition) is 4. The molecule has 30 heavy (non-hydrogen) atoms. The molecule has 156 valence electrons. The molecule has 0 bridgehead atoms. The minimum atomic E-state index is -0.759. The number of ether oxygens (including phenoxy) is 1. The molecule has 3 aromatic rings. The van der Waals surface area contributed by atoms with E-state index < -0.39 is 11.9 Å². The summed E-state index contributed by atoms with van der Waals surface area (Å²) in [7, 11) is 1.73. The maximum Gasteiger partial charge on any atom is 0.238 e. The van der Waals surface area contributed by atoms with Gasteiger partial charge in [-0.3, -0.25) is 9.69 Å². The van der Waals surface area contributed by atoms with E-state index in [0.29, 0.717) is 11.4 Å². The quantitative estimate of drug-likeness (QED) is 0.565. The molecular weight excluding hydrogens is 383 g/mol. The molecule has 3 aromatic carbocycles. The Morgan fingerprint density at radius 1 is 1.03 bits per heavy atom. The van der Waals surface area contributed by atoms with E-state index in [1.165, 1.54) is 18.2 Å². The first-order chi connectivity index (χ1) is 14.5. The highest BCUT2D eigenvalue weighted by Crippen LogP contribution is 2.22. The minimum Gasteiger partial charge on any atom is -0.491 e. The number of aliphatic hydroxyl groups excluding tert-OH is 1. The van der Waals surface area contributed by atoms with Crippen molar-refractivity contribution in [2.75, 3.05) is 32.1 Å². The SMILES string of the molecule is CN(CC(=O)Nc1cccc(F)c1)CC(O)COc1ccc(-c2ccccc2)cc1. The van der Waals surface area contributed by atoms with Gasteiger partial charge < -0.3 is 15.2 Å². The van der Waals surface area contributed by atoms with Gasteiger partial charge in [-0.25, -0.2) is 4.39 Å². The average molecular weight is 408 g/mol. The predicted molar refractivity (Wildman–Crippen MR) is 116 cm³/mol. The van der Waals surface area contributed by atoms with Crippen molar-refractivity contribution in [1.82, 2.24) is 4.90 Å². The van der Waals surface area contributed by atoms with Gasteiger partial charge in [-0.2, -0.15) is 0 Å². The Hall–Kier alpha value is -3.22. The van der Waals surface area contributed by atoms with Crippen molar-refractivity contribution in [3.8, 4) is 16.9 Å². The van der Waals surface area contributed by atoms with E-state index in [9.17, 15) is 14.3 Å². The number of likely N-dealkylation sites (N-methyl/N-ethyl adjacent to an activating group) is 1. The third kappa shape index (κ3) is 6.69. The number of halogens is 1. The van der Waals surface area contributed by atoms with Crippen LogP contribution in [-0.4, -0.2) is 48.8 Å². The molecule has 0 aromatic heterocycles. The lowest BCUT2D eigenvalue weighted by Gasteiger charge is -2.20. The second-order valence-corrected chi connectivity index (χ2v) is 7.11. The fraction of sp³-hybridized carbons (Fsp3) is 0.208. The van der Waals surface area contributed by atoms with Crippen LogP contribution < -0.4 is 10.1 Å². The Kier molecular flexibility index (Phi) is 7.54. The standard InChI is InChI=1S/C24H25FN2O3/c1-27(16-24(29)26-21-9-5-8-20(25)14-21)15-22(28)17-30-23-12-10-19(11-13-23)18-6-3-2-4-7-18/h2-14,22,28H,15-17H2,1H3,(H,26,29). The van der Waals surface area contributed by atoms with Crippen LogP contribution in [0.15, 0.2) is 78.9 Å². The van der Waals surface area contributed by atoms with E-state index in [2.05, 4.69) is 5.32 Å². The number of anilines is 1. The summed E-state index contributed by atoms with van der Waals surface area (Å²) in [5.41, 5.74) is 2.62. The molecule has 1 atom stereocenters. The van der Waals surface area contributed by atoms with Crippen LogP contribution in [0.1, 0.15) is 0 Å². The molecular formula is C24H25FN2O3. The van der Waals surface area contributed by atoms with Gasteiger partial charge in [-0.15, -0.1) is 0 Å². The zero-order valence-electron chi connectivity index (χ0n) is 16.8. The summed E-state index contributed by atoms with van der Waals surface area (Å²) < 4.78 is 18.8. The van der Waals surface area contributed by atoms with Crippen molar-refractivity contribution >= 4 is 11.6 Å². The van der Waals surface area contributed by atoms with Crippen LogP contribution in [0, 0.1) is 5.82 Å². The Morgan fingerprint density at radius 3 is 2.43 bits per heavy atom. The molecule has 0 fully saturated rings. The van der Waals surface area contributed by atoms with Crippen LogP contribution in [0.4, 0.5) is 10.1 Å². The van der Waals surface area contributed by atoms with Gasteiger partial charge in [0.1, 0.15) is 24.3 Å². The number of carbonyl (C=O) groups is 1. The zero-order chi connectivity index (χ0) is 21.3. The van der Waals surface area contributed by atoms with Crippen molar-refractivity contribution < 1.29 is 19.0 Å². The molecule has 1 unspecified atom stereocenters. The highest BCUT2D eigenvalue weighted by molar-refractivity contribution is 5.92. The number of hydrogen-bond donors (Lipinski definition) is 2. The second-order valence-electron chi connectivity index (χ2n) is 7.11. The molecule has 0 heterocycles. The van der Waals surface area contributed by atoms with Crippen LogP contribution in [0.5, 0.6) is 5.75 Å². The topological polar surface area (TPSA) is 61.8 Å². The van der Waals surface area contributed by atoms with E-state index in [0.717, 1.165) is 11.1 Å². The third-order valence-electron chi connectivity index (χ3n) is 4.45. The molecule has 0 saturated heterocycles. The Labute approximate surface area is 175 Å². The molecule has 0 aliphatic heterocycles. The summed E-state index contributed by atoms with van der Waals surface area (Å²) in [6.07, 6.45) is -0.759. The normalized spacial score (nSPS) is 11.9. The fourth-order valence-corrected chi connectivity index (χ4v) is 3.06. The first kappa shape index (κ1) is 21.5. The minimum absolute atomic E-state index is 0.0688. The second kappa shape index (κ2) is 10.5. The molecule has 0 aliphatic rings. The third-order valence-corrected chi connectivity index (χ3v) is 4.45. The first-order valence-electron chi connectivity index (χ1n) is 9.70. The molecule has 0 saturated carbocycles. The summed E-state index contributed by atoms with van der Waals surface area (Å²) in [6.45, 7) is 0.443. The van der Waals surface area contributed by atoms with Gasteiger partial charge in [0.05, 0.1) is 6.54 Å². The molecule has 5 nitrogen and oxygen atoms in total. The van der Waals surface area contributed by atoms with E-state index in [1.54, 1.807) is 18.0 Å². The van der Waals surface area contributed by atoms with Gasteiger partial charge in [-0.05, 0) is 48.5 Å². The number of nitrogens with zero attached hydrogens (tertiary/aromatic N) is 1. The maximum atomic E-state index is 13.2. The van der Waals surface area contributed by atoms with Gasteiger partial charge in [0, 0.05) is 12.2 Å². The summed E-state index contributed by atoms with van der Waals surface area (Å²) in [5.74, 6) is -0.0292. The molecule has 3 rings (SSSR count). The van der Waals surface area contributed by atoms with Gasteiger partial charge >= 0.3 is 0 Å². The molecule has 6 heteroatoms. The van der Waals surface area contributed by atoms with E-state index >= 15 is 0 Å². The number of nitrogens with one attached hydrogen (secondary N) is 1. The maximum absolute atomic E-state index is 13.2. The molecule has 0 radical (unpaired) electrons. The average Bonchev–Trinajstić information content (AvgIpc) is 2.73. The highest BCUT2D eigenvalue weighted by Gasteiger charge is 2.13. The number of carbonyl (C=O) groups excluding carboxylic acids is 1. The number of benzene rings is 3. The van der Waals surface area contributed by atoms with Crippen molar-refractivity contribution in [3.05, 3.63) is 84.7 Å². The van der Waals surface area contributed by atoms with E-state index in [-0.39, 0.29) is 25.6 Å². The summed E-state index contributed by atoms with van der Waals surface area (Å²) in [6, 6.07) is 23.4. The zero-order valence-corrected chi connectivity index (χ0v) is 16.8. The number of rotatable bonds is 9. The van der Waals surface area contributed by atoms with Crippen LogP contribution in [0.2, 0.25) is 0 Å². The van der Waals surface area contributed by atoms with Crippen LogP contribution in [0.3, 0.4) is 0 Å². The van der Waals surface area contributed by atoms with Crippen molar-refractivity contribution in [3.63, 3.8) is 0 Å². The van der Waals surface area contributed by atoms with Gasteiger partial charge in [-0.1, -0.05) is 48.5 Å². The van der Waals surface area contributed by atoms with Gasteiger partial charge in [0.25, 0.3) is 0 Å². The molecule has 0 aliphatic carbocycles. The summed E-state index contributed by atoms with van der Waals surface area (Å²) in [5, 5.41) is 12.8. The highest BCUT2D eigenvalue weighted by atomic mass is 19.1. The van der Waals surface area contributed by atoms with Gasteiger partial charge in [0.15, 0.2) is 0 Å². The first-order valence-corrected chi connectivity index (χ1v) is 9.70. The lowest BCUT2D eigenvalue weighted by molar-refractivity contribution is -0.117. The Balaban J connectivity index is 1.41. The van der Waals surface area contributed by atoms with Crippen molar-refractivity contribution in [1.29, 1.82) is 0 Å². The molecule has 2 N–H and O–H groups in total. The van der Waals surface area contributed by atoms with Crippen molar-refractivity contribution in [2.45, 2.75) is 6.10 Å². The van der Waals surface area contributed by atoms with E-state index in [1.807, 2.05) is 54.6 Å². The van der Waals surface area contributed by atoms with Crippen LogP contribution in [0.25, 0.3) is 11.1 Å². The fourth-order valence-electron chi connectivity index (χ4n) is 3.06. The number of amides is 1. The lowest BCUT2D eigenvalue weighted by Crippen LogP contribution is -2.37. The van der Waals surface area contributed by atoms with Crippen LogP contribution in [-0.2, 0) is 4.79 Å². The Bertz CT molecular complexity index is 948.